The third-order valence-corrected chi connectivity index (χ3v) is 3.66. The van der Waals surface area contributed by atoms with Crippen LogP contribution in [-0.4, -0.2) is 16.7 Å². The molecule has 0 fully saturated rings. The average Bonchev–Trinajstić information content (AvgIpc) is 2.54. The summed E-state index contributed by atoms with van der Waals surface area (Å²) in [6.07, 6.45) is 3.52. The first-order chi connectivity index (χ1) is 10.6. The molecule has 2 heterocycles. The summed E-state index contributed by atoms with van der Waals surface area (Å²) in [4.78, 5) is 12.2. The topological polar surface area (TPSA) is 81.0 Å². The van der Waals surface area contributed by atoms with Gasteiger partial charge in [0.2, 0.25) is 0 Å². The summed E-state index contributed by atoms with van der Waals surface area (Å²) in [5.41, 5.74) is 6.86. The Kier molecular flexibility index (Phi) is 3.32. The fourth-order valence-electron chi connectivity index (χ4n) is 2.46. The van der Waals surface area contributed by atoms with Crippen LogP contribution in [0.4, 0.5) is 0 Å². The smallest absolute Gasteiger partial charge is 0.255 e. The molecule has 1 aliphatic rings. The Morgan fingerprint density at radius 2 is 2.18 bits per heavy atom. The van der Waals surface area contributed by atoms with Crippen LogP contribution in [0.2, 0.25) is 0 Å². The summed E-state index contributed by atoms with van der Waals surface area (Å²) in [7, 11) is 0. The standard InChI is InChI=1S/C17H15N3O2/c1-17(11-19)9-14(20-7-3-2-4-16(20)21)13-8-12(10-18)5-6-15(13)22-17/h2-9H,11,19H2,1H3. The summed E-state index contributed by atoms with van der Waals surface area (Å²) < 4.78 is 7.47. The van der Waals surface area contributed by atoms with Gasteiger partial charge in [-0.2, -0.15) is 5.26 Å². The molecule has 0 aliphatic carbocycles. The molecule has 0 amide bonds. The highest BCUT2D eigenvalue weighted by Crippen LogP contribution is 2.36. The number of ether oxygens (including phenoxy) is 1. The van der Waals surface area contributed by atoms with Crippen LogP contribution in [0.1, 0.15) is 18.1 Å². The highest BCUT2D eigenvalue weighted by atomic mass is 16.5. The lowest BCUT2D eigenvalue weighted by molar-refractivity contribution is 0.145. The molecule has 0 saturated heterocycles. The van der Waals surface area contributed by atoms with Crippen molar-refractivity contribution in [2.45, 2.75) is 12.5 Å². The van der Waals surface area contributed by atoms with Crippen molar-refractivity contribution in [2.24, 2.45) is 5.73 Å². The second-order valence-corrected chi connectivity index (χ2v) is 5.38. The summed E-state index contributed by atoms with van der Waals surface area (Å²) in [5.74, 6) is 0.611. The van der Waals surface area contributed by atoms with Gasteiger partial charge in [-0.1, -0.05) is 6.07 Å². The molecule has 110 valence electrons. The van der Waals surface area contributed by atoms with E-state index in [-0.39, 0.29) is 12.1 Å². The molecule has 1 aliphatic heterocycles. The minimum absolute atomic E-state index is 0.150. The SMILES string of the molecule is CC1(CN)C=C(n2ccccc2=O)c2cc(C#N)ccc2O1. The van der Waals surface area contributed by atoms with Crippen LogP contribution in [0.3, 0.4) is 0 Å². The van der Waals surface area contributed by atoms with Crippen molar-refractivity contribution < 1.29 is 4.74 Å². The Morgan fingerprint density at radius 3 is 2.86 bits per heavy atom. The number of pyridine rings is 1. The van der Waals surface area contributed by atoms with Gasteiger partial charge in [0.25, 0.3) is 5.56 Å². The molecule has 0 bridgehead atoms. The van der Waals surface area contributed by atoms with Gasteiger partial charge in [-0.3, -0.25) is 9.36 Å². The molecule has 0 saturated carbocycles. The normalized spacial score (nSPS) is 19.6. The number of benzene rings is 1. The maximum atomic E-state index is 12.2. The molecule has 5 nitrogen and oxygen atoms in total. The molecule has 22 heavy (non-hydrogen) atoms. The molecule has 3 rings (SSSR count). The van der Waals surface area contributed by atoms with E-state index in [1.54, 1.807) is 36.5 Å². The van der Waals surface area contributed by atoms with E-state index in [1.807, 2.05) is 13.0 Å². The number of hydrogen-bond acceptors (Lipinski definition) is 4. The van der Waals surface area contributed by atoms with Crippen molar-refractivity contribution in [3.63, 3.8) is 0 Å². The van der Waals surface area contributed by atoms with Gasteiger partial charge >= 0.3 is 0 Å². The molecule has 0 spiro atoms. The zero-order valence-corrected chi connectivity index (χ0v) is 12.1. The van der Waals surface area contributed by atoms with Crippen molar-refractivity contribution >= 4 is 5.70 Å². The van der Waals surface area contributed by atoms with Crippen LogP contribution in [0.5, 0.6) is 5.75 Å². The first-order valence-electron chi connectivity index (χ1n) is 6.91. The highest BCUT2D eigenvalue weighted by molar-refractivity contribution is 5.74. The summed E-state index contributed by atoms with van der Waals surface area (Å²) >= 11 is 0. The van der Waals surface area contributed by atoms with Crippen molar-refractivity contribution in [1.29, 1.82) is 5.26 Å². The van der Waals surface area contributed by atoms with E-state index in [0.29, 0.717) is 22.6 Å². The number of nitrogens with two attached hydrogens (primary N) is 1. The van der Waals surface area contributed by atoms with Crippen LogP contribution in [-0.2, 0) is 0 Å². The Hall–Kier alpha value is -2.84. The Bertz CT molecular complexity index is 861. The second-order valence-electron chi connectivity index (χ2n) is 5.38. The molecule has 1 unspecified atom stereocenters. The largest absolute Gasteiger partial charge is 0.481 e. The van der Waals surface area contributed by atoms with Gasteiger partial charge in [-0.25, -0.2) is 0 Å². The molecule has 2 aromatic rings. The minimum Gasteiger partial charge on any atom is -0.481 e. The van der Waals surface area contributed by atoms with Crippen molar-refractivity contribution in [2.75, 3.05) is 6.54 Å². The first-order valence-corrected chi connectivity index (χ1v) is 6.91. The number of nitriles is 1. The molecular weight excluding hydrogens is 278 g/mol. The summed E-state index contributed by atoms with van der Waals surface area (Å²) in [5, 5.41) is 9.10. The number of hydrogen-bond donors (Lipinski definition) is 1. The second kappa shape index (κ2) is 5.17. The predicted molar refractivity (Wildman–Crippen MR) is 83.3 cm³/mol. The summed E-state index contributed by atoms with van der Waals surface area (Å²) in [6, 6.07) is 12.2. The van der Waals surface area contributed by atoms with Gasteiger partial charge in [0.1, 0.15) is 11.4 Å². The third kappa shape index (κ3) is 2.30. The van der Waals surface area contributed by atoms with Crippen LogP contribution >= 0.6 is 0 Å². The van der Waals surface area contributed by atoms with Crippen LogP contribution in [0.25, 0.3) is 5.70 Å². The highest BCUT2D eigenvalue weighted by Gasteiger charge is 2.30. The van der Waals surface area contributed by atoms with Gasteiger partial charge in [0.05, 0.1) is 17.3 Å². The van der Waals surface area contributed by atoms with Gasteiger partial charge in [0.15, 0.2) is 0 Å². The van der Waals surface area contributed by atoms with Crippen molar-refractivity contribution in [1.82, 2.24) is 4.57 Å². The zero-order chi connectivity index (χ0) is 15.7. The van der Waals surface area contributed by atoms with E-state index in [0.717, 1.165) is 0 Å². The number of fused-ring (bicyclic) bond motifs is 1. The van der Waals surface area contributed by atoms with Crippen LogP contribution < -0.4 is 16.0 Å². The van der Waals surface area contributed by atoms with E-state index in [9.17, 15) is 4.79 Å². The molecule has 0 radical (unpaired) electrons. The lowest BCUT2D eigenvalue weighted by atomic mass is 9.96. The molecule has 1 aromatic heterocycles. The van der Waals surface area contributed by atoms with E-state index in [2.05, 4.69) is 6.07 Å². The van der Waals surface area contributed by atoms with E-state index >= 15 is 0 Å². The molecule has 2 N–H and O–H groups in total. The molecule has 1 aromatic carbocycles. The fourth-order valence-corrected chi connectivity index (χ4v) is 2.46. The number of rotatable bonds is 2. The lowest BCUT2D eigenvalue weighted by Crippen LogP contribution is -2.41. The maximum absolute atomic E-state index is 12.2. The van der Waals surface area contributed by atoms with Crippen molar-refractivity contribution in [3.05, 3.63) is 70.2 Å². The summed E-state index contributed by atoms with van der Waals surface area (Å²) in [6.45, 7) is 2.14. The number of nitrogens with zero attached hydrogens (tertiary/aromatic N) is 2. The maximum Gasteiger partial charge on any atom is 0.255 e. The first kappa shape index (κ1) is 14.1. The van der Waals surface area contributed by atoms with Gasteiger partial charge < -0.3 is 10.5 Å². The lowest BCUT2D eigenvalue weighted by Gasteiger charge is -2.33. The predicted octanol–water partition coefficient (Wildman–Crippen LogP) is 1.72. The van der Waals surface area contributed by atoms with E-state index in [4.69, 9.17) is 15.7 Å². The minimum atomic E-state index is -0.703. The molecular formula is C17H15N3O2. The Balaban J connectivity index is 2.28. The monoisotopic (exact) mass is 293 g/mol. The average molecular weight is 293 g/mol. The Labute approximate surface area is 127 Å². The van der Waals surface area contributed by atoms with Crippen LogP contribution in [0, 0.1) is 11.3 Å². The van der Waals surface area contributed by atoms with E-state index < -0.39 is 5.60 Å². The third-order valence-electron chi connectivity index (χ3n) is 3.66. The van der Waals surface area contributed by atoms with E-state index in [1.165, 1.54) is 10.6 Å². The fraction of sp³-hybridized carbons (Fsp3) is 0.176. The van der Waals surface area contributed by atoms with Gasteiger partial charge in [-0.15, -0.1) is 0 Å². The molecule has 5 heteroatoms. The quantitative estimate of drug-likeness (QED) is 0.914. The van der Waals surface area contributed by atoms with Crippen LogP contribution in [0.15, 0.2) is 53.5 Å². The van der Waals surface area contributed by atoms with Gasteiger partial charge in [0, 0.05) is 24.4 Å². The zero-order valence-electron chi connectivity index (χ0n) is 12.1. The molecule has 1 atom stereocenters. The number of aromatic nitrogens is 1. The Morgan fingerprint density at radius 1 is 1.36 bits per heavy atom. The van der Waals surface area contributed by atoms with Crippen molar-refractivity contribution in [3.8, 4) is 11.8 Å². The van der Waals surface area contributed by atoms with Gasteiger partial charge in [-0.05, 0) is 37.3 Å².